The normalized spacial score (nSPS) is 17.4. The lowest BCUT2D eigenvalue weighted by molar-refractivity contribution is -0.125. The van der Waals surface area contributed by atoms with Crippen LogP contribution in [-0.2, 0) is 16.1 Å². The second-order valence-electron chi connectivity index (χ2n) is 7.57. The van der Waals surface area contributed by atoms with Gasteiger partial charge in [-0.05, 0) is 43.9 Å². The van der Waals surface area contributed by atoms with E-state index in [4.69, 9.17) is 4.74 Å². The third kappa shape index (κ3) is 4.72. The number of hydrogen-bond acceptors (Lipinski definition) is 7. The Labute approximate surface area is 180 Å². The number of amides is 2. The van der Waals surface area contributed by atoms with Gasteiger partial charge >= 0.3 is 0 Å². The van der Waals surface area contributed by atoms with Gasteiger partial charge in [-0.3, -0.25) is 14.5 Å². The van der Waals surface area contributed by atoms with Crippen LogP contribution in [0.5, 0.6) is 5.75 Å². The molecule has 2 aromatic rings. The molecule has 0 radical (unpaired) electrons. The molecule has 1 N–H and O–H groups in total. The van der Waals surface area contributed by atoms with Crippen LogP contribution < -0.4 is 19.9 Å². The zero-order valence-corrected chi connectivity index (χ0v) is 18.0. The first-order valence-corrected chi connectivity index (χ1v) is 11.3. The molecular formula is C21H27N5O3S. The highest BCUT2D eigenvalue weighted by Gasteiger charge is 2.29. The van der Waals surface area contributed by atoms with Crippen molar-refractivity contribution in [1.29, 1.82) is 0 Å². The van der Waals surface area contributed by atoms with Crippen molar-refractivity contribution in [2.24, 2.45) is 5.92 Å². The Morgan fingerprint density at radius 1 is 1.17 bits per heavy atom. The molecule has 0 unspecified atom stereocenters. The Morgan fingerprint density at radius 3 is 2.57 bits per heavy atom. The molecule has 0 spiro atoms. The summed E-state index contributed by atoms with van der Waals surface area (Å²) in [6, 6.07) is 7.81. The van der Waals surface area contributed by atoms with Gasteiger partial charge in [-0.2, -0.15) is 0 Å². The molecule has 0 aliphatic carbocycles. The van der Waals surface area contributed by atoms with E-state index in [1.165, 1.54) is 11.3 Å². The zero-order valence-electron chi connectivity index (χ0n) is 17.2. The number of aromatic nitrogens is 2. The number of nitrogens with zero attached hydrogens (tertiary/aromatic N) is 4. The Balaban J connectivity index is 1.24. The average molecular weight is 430 g/mol. The van der Waals surface area contributed by atoms with Crippen molar-refractivity contribution in [1.82, 2.24) is 15.5 Å². The van der Waals surface area contributed by atoms with E-state index in [0.717, 1.165) is 55.3 Å². The Morgan fingerprint density at radius 2 is 1.90 bits per heavy atom. The summed E-state index contributed by atoms with van der Waals surface area (Å²) in [5, 5.41) is 13.0. The average Bonchev–Trinajstić information content (AvgIpc) is 3.42. The number of rotatable bonds is 7. The standard InChI is InChI=1S/C21H27N5O3S/c1-2-29-17-7-5-15(6-8-17)14-22-19(28)16-9-12-25(13-10-16)20-23-24-21(30-20)26-11-3-4-18(26)27/h5-8,16H,2-4,9-14H2,1H3,(H,22,28). The van der Waals surface area contributed by atoms with E-state index < -0.39 is 0 Å². The lowest BCUT2D eigenvalue weighted by atomic mass is 9.96. The molecule has 30 heavy (non-hydrogen) atoms. The maximum absolute atomic E-state index is 12.6. The molecule has 160 valence electrons. The summed E-state index contributed by atoms with van der Waals surface area (Å²) in [6.45, 7) is 5.38. The fourth-order valence-electron chi connectivity index (χ4n) is 3.83. The van der Waals surface area contributed by atoms with Gasteiger partial charge in [0.2, 0.25) is 22.1 Å². The summed E-state index contributed by atoms with van der Waals surface area (Å²) in [5.74, 6) is 1.08. The van der Waals surface area contributed by atoms with Gasteiger partial charge in [-0.1, -0.05) is 23.5 Å². The molecular weight excluding hydrogens is 402 g/mol. The molecule has 2 aliphatic rings. The molecule has 8 nitrogen and oxygen atoms in total. The van der Waals surface area contributed by atoms with E-state index in [1.807, 2.05) is 31.2 Å². The van der Waals surface area contributed by atoms with Gasteiger partial charge in [-0.15, -0.1) is 10.2 Å². The maximum atomic E-state index is 12.6. The van der Waals surface area contributed by atoms with E-state index in [0.29, 0.717) is 24.7 Å². The van der Waals surface area contributed by atoms with Gasteiger partial charge in [0.05, 0.1) is 6.61 Å². The predicted octanol–water partition coefficient (Wildman–Crippen LogP) is 2.60. The Bertz CT molecular complexity index is 877. The van der Waals surface area contributed by atoms with Crippen LogP contribution in [0.2, 0.25) is 0 Å². The Kier molecular flexibility index (Phi) is 6.47. The highest BCUT2D eigenvalue weighted by atomic mass is 32.1. The highest BCUT2D eigenvalue weighted by Crippen LogP contribution is 2.32. The van der Waals surface area contributed by atoms with Crippen LogP contribution in [0, 0.1) is 5.92 Å². The number of hydrogen-bond donors (Lipinski definition) is 1. The molecule has 0 bridgehead atoms. The molecule has 1 aromatic heterocycles. The number of benzene rings is 1. The number of piperidine rings is 1. The predicted molar refractivity (Wildman–Crippen MR) is 116 cm³/mol. The number of ether oxygens (including phenoxy) is 1. The molecule has 2 fully saturated rings. The van der Waals surface area contributed by atoms with E-state index in [1.54, 1.807) is 4.90 Å². The zero-order chi connectivity index (χ0) is 20.9. The molecule has 0 atom stereocenters. The second-order valence-corrected chi connectivity index (χ2v) is 8.51. The van der Waals surface area contributed by atoms with Crippen LogP contribution >= 0.6 is 11.3 Å². The minimum Gasteiger partial charge on any atom is -0.494 e. The fourth-order valence-corrected chi connectivity index (χ4v) is 4.77. The number of nitrogens with one attached hydrogen (secondary N) is 1. The van der Waals surface area contributed by atoms with Gasteiger partial charge < -0.3 is 15.0 Å². The van der Waals surface area contributed by atoms with Crippen LogP contribution in [0.25, 0.3) is 0 Å². The van der Waals surface area contributed by atoms with Gasteiger partial charge in [0.15, 0.2) is 0 Å². The quantitative estimate of drug-likeness (QED) is 0.728. The molecule has 2 saturated heterocycles. The van der Waals surface area contributed by atoms with Crippen LogP contribution in [-0.4, -0.2) is 48.3 Å². The minimum absolute atomic E-state index is 0.0106. The molecule has 4 rings (SSSR count). The molecule has 3 heterocycles. The number of carbonyl (C=O) groups is 2. The van der Waals surface area contributed by atoms with Gasteiger partial charge in [0.25, 0.3) is 0 Å². The largest absolute Gasteiger partial charge is 0.494 e. The topological polar surface area (TPSA) is 87.7 Å². The van der Waals surface area contributed by atoms with Crippen molar-refractivity contribution in [3.8, 4) is 5.75 Å². The summed E-state index contributed by atoms with van der Waals surface area (Å²) in [5.41, 5.74) is 1.06. The lowest BCUT2D eigenvalue weighted by Gasteiger charge is -2.30. The molecule has 0 saturated carbocycles. The summed E-state index contributed by atoms with van der Waals surface area (Å²) >= 11 is 1.46. The van der Waals surface area contributed by atoms with Crippen LogP contribution in [0.3, 0.4) is 0 Å². The summed E-state index contributed by atoms with van der Waals surface area (Å²) < 4.78 is 5.44. The summed E-state index contributed by atoms with van der Waals surface area (Å²) in [6.07, 6.45) is 3.04. The smallest absolute Gasteiger partial charge is 0.228 e. The molecule has 1 aromatic carbocycles. The van der Waals surface area contributed by atoms with Crippen molar-refractivity contribution >= 4 is 33.4 Å². The third-order valence-electron chi connectivity index (χ3n) is 5.55. The van der Waals surface area contributed by atoms with Gasteiger partial charge in [0.1, 0.15) is 5.75 Å². The molecule has 2 amide bonds. The monoisotopic (exact) mass is 429 g/mol. The first-order chi connectivity index (χ1) is 14.6. The van der Waals surface area contributed by atoms with Gasteiger partial charge in [0, 0.05) is 38.5 Å². The molecule has 2 aliphatic heterocycles. The van der Waals surface area contributed by atoms with E-state index >= 15 is 0 Å². The second kappa shape index (κ2) is 9.42. The summed E-state index contributed by atoms with van der Waals surface area (Å²) in [7, 11) is 0. The lowest BCUT2D eigenvalue weighted by Crippen LogP contribution is -2.40. The third-order valence-corrected chi connectivity index (χ3v) is 6.55. The Hall–Kier alpha value is -2.68. The van der Waals surface area contributed by atoms with Gasteiger partial charge in [-0.25, -0.2) is 0 Å². The van der Waals surface area contributed by atoms with Crippen LogP contribution in [0.4, 0.5) is 10.3 Å². The summed E-state index contributed by atoms with van der Waals surface area (Å²) in [4.78, 5) is 28.4. The van der Waals surface area contributed by atoms with Crippen molar-refractivity contribution < 1.29 is 14.3 Å². The highest BCUT2D eigenvalue weighted by molar-refractivity contribution is 7.19. The first kappa shape index (κ1) is 20.6. The van der Waals surface area contributed by atoms with Crippen molar-refractivity contribution in [3.63, 3.8) is 0 Å². The van der Waals surface area contributed by atoms with Crippen LogP contribution in [0.15, 0.2) is 24.3 Å². The van der Waals surface area contributed by atoms with Crippen molar-refractivity contribution in [3.05, 3.63) is 29.8 Å². The number of anilines is 2. The van der Waals surface area contributed by atoms with Crippen LogP contribution in [0.1, 0.15) is 38.2 Å². The first-order valence-electron chi connectivity index (χ1n) is 10.5. The fraction of sp³-hybridized carbons (Fsp3) is 0.524. The minimum atomic E-state index is 0.0106. The van der Waals surface area contributed by atoms with Crippen molar-refractivity contribution in [2.75, 3.05) is 36.0 Å². The van der Waals surface area contributed by atoms with E-state index in [2.05, 4.69) is 20.4 Å². The van der Waals surface area contributed by atoms with Crippen molar-refractivity contribution in [2.45, 2.75) is 39.2 Å². The number of carbonyl (C=O) groups excluding carboxylic acids is 2. The van der Waals surface area contributed by atoms with E-state index in [9.17, 15) is 9.59 Å². The SMILES string of the molecule is CCOc1ccc(CNC(=O)C2CCN(c3nnc(N4CCCC4=O)s3)CC2)cc1. The van der Waals surface area contributed by atoms with E-state index in [-0.39, 0.29) is 17.7 Å². The maximum Gasteiger partial charge on any atom is 0.228 e. The molecule has 9 heteroatoms.